The molecule has 2 aromatic carbocycles. The van der Waals surface area contributed by atoms with Crippen LogP contribution in [0.25, 0.3) is 0 Å². The first-order valence-electron chi connectivity index (χ1n) is 9.57. The highest BCUT2D eigenvalue weighted by Crippen LogP contribution is 2.40. The number of fused-ring (bicyclic) bond motifs is 1. The second-order valence-corrected chi connectivity index (χ2v) is 8.64. The molecule has 30 heavy (non-hydrogen) atoms. The number of carbonyl (C=O) groups is 1. The van der Waals surface area contributed by atoms with E-state index >= 15 is 0 Å². The van der Waals surface area contributed by atoms with E-state index in [2.05, 4.69) is 0 Å². The molecule has 0 atom stereocenters. The van der Waals surface area contributed by atoms with Gasteiger partial charge in [-0.2, -0.15) is 0 Å². The summed E-state index contributed by atoms with van der Waals surface area (Å²) in [6.45, 7) is 3.97. The van der Waals surface area contributed by atoms with Gasteiger partial charge in [-0.15, -0.1) is 0 Å². The van der Waals surface area contributed by atoms with E-state index in [-0.39, 0.29) is 18.0 Å². The third-order valence-corrected chi connectivity index (χ3v) is 5.07. The van der Waals surface area contributed by atoms with E-state index in [1.807, 2.05) is 19.9 Å². The highest BCUT2D eigenvalue weighted by atomic mass is 35.5. The first-order valence-corrected chi connectivity index (χ1v) is 9.95. The molecule has 0 saturated heterocycles. The predicted molar refractivity (Wildman–Crippen MR) is 108 cm³/mol. The second kappa shape index (κ2) is 8.68. The highest BCUT2D eigenvalue weighted by Gasteiger charge is 2.32. The van der Waals surface area contributed by atoms with Crippen LogP contribution in [0, 0.1) is 17.6 Å². The van der Waals surface area contributed by atoms with Gasteiger partial charge >= 0.3 is 6.16 Å². The van der Waals surface area contributed by atoms with Crippen molar-refractivity contribution < 1.29 is 33.3 Å². The van der Waals surface area contributed by atoms with E-state index in [9.17, 15) is 8.78 Å². The van der Waals surface area contributed by atoms with Crippen LogP contribution in [0.2, 0.25) is 5.02 Å². The van der Waals surface area contributed by atoms with Crippen LogP contribution in [0.1, 0.15) is 43.4 Å². The summed E-state index contributed by atoms with van der Waals surface area (Å²) in [4.78, 5) is 8.56. The third kappa shape index (κ3) is 5.75. The summed E-state index contributed by atoms with van der Waals surface area (Å²) in [5.41, 5.74) is 2.03. The van der Waals surface area contributed by atoms with Gasteiger partial charge in [0.25, 0.3) is 0 Å². The Morgan fingerprint density at radius 3 is 2.37 bits per heavy atom. The summed E-state index contributed by atoms with van der Waals surface area (Å²) in [5, 5.41) is 14.5. The molecular formula is C22H23ClF2O5. The Labute approximate surface area is 178 Å². The molecule has 1 fully saturated rings. The number of hydrogen-bond donors (Lipinski definition) is 2. The molecule has 1 heterocycles. The Balaban J connectivity index is 0.000000589. The Bertz CT molecular complexity index is 930. The molecule has 162 valence electrons. The maximum atomic E-state index is 14.3. The minimum atomic E-state index is -1.83. The van der Waals surface area contributed by atoms with Crippen molar-refractivity contribution >= 4 is 17.8 Å². The first-order chi connectivity index (χ1) is 14.0. The van der Waals surface area contributed by atoms with Gasteiger partial charge < -0.3 is 19.7 Å². The van der Waals surface area contributed by atoms with E-state index in [0.29, 0.717) is 27.8 Å². The maximum absolute atomic E-state index is 14.3. The Morgan fingerprint density at radius 1 is 1.20 bits per heavy atom. The molecule has 0 amide bonds. The summed E-state index contributed by atoms with van der Waals surface area (Å²) in [7, 11) is 0. The summed E-state index contributed by atoms with van der Waals surface area (Å²) in [5.74, 6) is -0.419. The van der Waals surface area contributed by atoms with Crippen LogP contribution < -0.4 is 9.47 Å². The van der Waals surface area contributed by atoms with Crippen LogP contribution in [-0.2, 0) is 19.4 Å². The second-order valence-electron chi connectivity index (χ2n) is 8.20. The van der Waals surface area contributed by atoms with Crippen molar-refractivity contribution in [1.29, 1.82) is 0 Å². The van der Waals surface area contributed by atoms with E-state index in [0.717, 1.165) is 31.2 Å². The average molecular weight is 441 g/mol. The molecule has 2 N–H and O–H groups in total. The maximum Gasteiger partial charge on any atom is 0.503 e. The zero-order chi connectivity index (χ0) is 22.1. The van der Waals surface area contributed by atoms with Gasteiger partial charge in [-0.05, 0) is 74.4 Å². The van der Waals surface area contributed by atoms with Gasteiger partial charge in [-0.1, -0.05) is 11.6 Å². The molecule has 0 aromatic heterocycles. The minimum Gasteiger partial charge on any atom is -0.487 e. The number of halogens is 3. The van der Waals surface area contributed by atoms with Gasteiger partial charge in [0, 0.05) is 17.0 Å². The number of rotatable bonds is 5. The molecule has 0 radical (unpaired) electrons. The van der Waals surface area contributed by atoms with Crippen molar-refractivity contribution in [2.45, 2.75) is 51.7 Å². The van der Waals surface area contributed by atoms with Gasteiger partial charge in [0.05, 0.1) is 0 Å². The normalized spacial score (nSPS) is 16.2. The molecule has 2 aromatic rings. The fourth-order valence-corrected chi connectivity index (χ4v) is 3.79. The lowest BCUT2D eigenvalue weighted by Gasteiger charge is -2.18. The molecule has 5 nitrogen and oxygen atoms in total. The Morgan fingerprint density at radius 2 is 1.80 bits per heavy atom. The third-order valence-electron chi connectivity index (χ3n) is 4.85. The zero-order valence-electron chi connectivity index (χ0n) is 16.7. The number of hydrogen-bond acceptors (Lipinski definition) is 3. The van der Waals surface area contributed by atoms with Gasteiger partial charge in [-0.25, -0.2) is 13.6 Å². The molecule has 1 saturated carbocycles. The standard InChI is InChI=1S/C21H21ClF2O2.CH2O3/c1-21(2)10-14-8-16(22)9-15(19(14)26-21)11-25-20-17(23)6-13(7-18(20)24)5-12-3-4-12;2-1(3)4/h6-9,12H,3-5,10-11H2,1-2H3;(H2,2,3,4). The van der Waals surface area contributed by atoms with E-state index in [1.54, 1.807) is 6.07 Å². The molecule has 4 rings (SSSR count). The quantitative estimate of drug-likeness (QED) is 0.588. The number of benzene rings is 2. The van der Waals surface area contributed by atoms with Crippen molar-refractivity contribution in [1.82, 2.24) is 0 Å². The SMILES string of the molecule is CC1(C)Cc2cc(Cl)cc(COc3c(F)cc(CC4CC4)cc3F)c2O1.O=C(O)O. The molecular weight excluding hydrogens is 418 g/mol. The van der Waals surface area contributed by atoms with Crippen LogP contribution in [0.4, 0.5) is 13.6 Å². The fraction of sp³-hybridized carbons (Fsp3) is 0.409. The van der Waals surface area contributed by atoms with Gasteiger partial charge in [0.1, 0.15) is 18.0 Å². The number of ether oxygens (including phenoxy) is 2. The first kappa shape index (κ1) is 22.2. The molecule has 8 heteroatoms. The summed E-state index contributed by atoms with van der Waals surface area (Å²) >= 11 is 6.18. The van der Waals surface area contributed by atoms with Gasteiger partial charge in [0.15, 0.2) is 17.4 Å². The van der Waals surface area contributed by atoms with Crippen LogP contribution in [0.3, 0.4) is 0 Å². The fourth-order valence-electron chi connectivity index (χ4n) is 3.53. The summed E-state index contributed by atoms with van der Waals surface area (Å²) in [6, 6.07) is 6.33. The summed E-state index contributed by atoms with van der Waals surface area (Å²) < 4.78 is 40.1. The lowest BCUT2D eigenvalue weighted by molar-refractivity contribution is 0.134. The van der Waals surface area contributed by atoms with Crippen LogP contribution in [0.15, 0.2) is 24.3 Å². The van der Waals surface area contributed by atoms with Crippen molar-refractivity contribution in [2.75, 3.05) is 0 Å². The van der Waals surface area contributed by atoms with Crippen molar-refractivity contribution in [3.05, 3.63) is 57.6 Å². The van der Waals surface area contributed by atoms with Crippen LogP contribution in [0.5, 0.6) is 11.5 Å². The largest absolute Gasteiger partial charge is 0.503 e. The minimum absolute atomic E-state index is 0.00517. The molecule has 0 bridgehead atoms. The van der Waals surface area contributed by atoms with Gasteiger partial charge in [-0.3, -0.25) is 0 Å². The average Bonchev–Trinajstić information content (AvgIpc) is 3.34. The van der Waals surface area contributed by atoms with Crippen molar-refractivity contribution in [3.63, 3.8) is 0 Å². The molecule has 0 unspecified atom stereocenters. The van der Waals surface area contributed by atoms with Crippen molar-refractivity contribution in [3.8, 4) is 11.5 Å². The summed E-state index contributed by atoms with van der Waals surface area (Å²) in [6.07, 6.45) is 1.89. The smallest absolute Gasteiger partial charge is 0.487 e. The van der Waals surface area contributed by atoms with Crippen LogP contribution >= 0.6 is 11.6 Å². The Hall–Kier alpha value is -2.54. The van der Waals surface area contributed by atoms with E-state index in [4.69, 9.17) is 36.1 Å². The predicted octanol–water partition coefficient (Wildman–Crippen LogP) is 6.09. The van der Waals surface area contributed by atoms with Gasteiger partial charge in [0.2, 0.25) is 0 Å². The van der Waals surface area contributed by atoms with E-state index in [1.165, 1.54) is 12.1 Å². The zero-order valence-corrected chi connectivity index (χ0v) is 17.4. The van der Waals surface area contributed by atoms with E-state index < -0.39 is 17.8 Å². The topological polar surface area (TPSA) is 76.0 Å². The lowest BCUT2D eigenvalue weighted by atomic mass is 10.0. The molecule has 2 aliphatic rings. The number of carboxylic acid groups (broad SMARTS) is 2. The highest BCUT2D eigenvalue weighted by molar-refractivity contribution is 6.30. The van der Waals surface area contributed by atoms with Crippen molar-refractivity contribution in [2.24, 2.45) is 5.92 Å². The Kier molecular flexibility index (Phi) is 6.41. The monoisotopic (exact) mass is 440 g/mol. The molecule has 1 aliphatic heterocycles. The molecule has 0 spiro atoms. The molecule has 1 aliphatic carbocycles. The van der Waals surface area contributed by atoms with Crippen LogP contribution in [-0.4, -0.2) is 22.0 Å². The lowest BCUT2D eigenvalue weighted by Crippen LogP contribution is -2.25.